The van der Waals surface area contributed by atoms with Gasteiger partial charge in [0.15, 0.2) is 0 Å². The van der Waals surface area contributed by atoms with Crippen molar-refractivity contribution in [2.24, 2.45) is 11.3 Å². The van der Waals surface area contributed by atoms with Gasteiger partial charge in [-0.25, -0.2) is 5.84 Å². The lowest BCUT2D eigenvalue weighted by Crippen LogP contribution is -2.51. The van der Waals surface area contributed by atoms with Crippen molar-refractivity contribution in [1.29, 1.82) is 0 Å². The molecule has 0 aliphatic heterocycles. The zero-order chi connectivity index (χ0) is 12.3. The lowest BCUT2D eigenvalue weighted by Gasteiger charge is -2.39. The maximum absolute atomic E-state index is 11.5. The molecule has 0 saturated carbocycles. The van der Waals surface area contributed by atoms with Gasteiger partial charge in [0.25, 0.3) is 0 Å². The lowest BCUT2D eigenvalue weighted by atomic mass is 9.89. The van der Waals surface area contributed by atoms with Gasteiger partial charge in [0.1, 0.15) is 0 Å². The zero-order valence-corrected chi connectivity index (χ0v) is 10.8. The average molecular weight is 215 g/mol. The van der Waals surface area contributed by atoms with Crippen LogP contribution in [0.3, 0.4) is 0 Å². The first kappa shape index (κ1) is 14.4. The molecule has 0 fully saturated rings. The van der Waals surface area contributed by atoms with Gasteiger partial charge in [0, 0.05) is 12.1 Å². The maximum atomic E-state index is 11.5. The molecule has 0 radical (unpaired) electrons. The summed E-state index contributed by atoms with van der Waals surface area (Å²) in [6, 6.07) is 0. The lowest BCUT2D eigenvalue weighted by molar-refractivity contribution is -0.130. The van der Waals surface area contributed by atoms with Crippen molar-refractivity contribution in [3.8, 4) is 0 Å². The van der Waals surface area contributed by atoms with Gasteiger partial charge < -0.3 is 4.90 Å². The third kappa shape index (κ3) is 3.80. The fraction of sp³-hybridized carbons (Fsp3) is 0.909. The van der Waals surface area contributed by atoms with Crippen LogP contribution < -0.4 is 11.3 Å². The van der Waals surface area contributed by atoms with Crippen molar-refractivity contribution in [3.05, 3.63) is 0 Å². The Balaban J connectivity index is 4.53. The molecule has 0 aliphatic rings. The Kier molecular flexibility index (Phi) is 4.74. The SMILES string of the molecule is CCC(C)(C)N(C)CC(C)(C)C(=O)NN. The second-order valence-corrected chi connectivity index (χ2v) is 5.38. The molecule has 0 aromatic heterocycles. The number of hydrazine groups is 1. The molecule has 0 spiro atoms. The molecule has 15 heavy (non-hydrogen) atoms. The molecule has 0 aliphatic carbocycles. The van der Waals surface area contributed by atoms with E-state index in [1.165, 1.54) is 0 Å². The second kappa shape index (κ2) is 4.94. The van der Waals surface area contributed by atoms with E-state index in [-0.39, 0.29) is 11.4 Å². The van der Waals surface area contributed by atoms with Gasteiger partial charge in [-0.05, 0) is 41.2 Å². The van der Waals surface area contributed by atoms with Crippen molar-refractivity contribution >= 4 is 5.91 Å². The highest BCUT2D eigenvalue weighted by Crippen LogP contribution is 2.23. The summed E-state index contributed by atoms with van der Waals surface area (Å²) in [6.45, 7) is 11.0. The van der Waals surface area contributed by atoms with Crippen LogP contribution in [0.4, 0.5) is 0 Å². The van der Waals surface area contributed by atoms with E-state index in [4.69, 9.17) is 5.84 Å². The maximum Gasteiger partial charge on any atom is 0.240 e. The van der Waals surface area contributed by atoms with E-state index in [0.29, 0.717) is 6.54 Å². The third-order valence-corrected chi connectivity index (χ3v) is 3.28. The van der Waals surface area contributed by atoms with Gasteiger partial charge in [0.05, 0.1) is 5.41 Å². The Bertz CT molecular complexity index is 224. The number of nitrogens with two attached hydrogens (primary N) is 1. The molecule has 0 rings (SSSR count). The Morgan fingerprint density at radius 3 is 2.13 bits per heavy atom. The number of rotatable bonds is 5. The molecular weight excluding hydrogens is 190 g/mol. The molecule has 0 aromatic rings. The zero-order valence-electron chi connectivity index (χ0n) is 10.8. The van der Waals surface area contributed by atoms with Crippen LogP contribution in [-0.4, -0.2) is 29.9 Å². The number of carbonyl (C=O) groups is 1. The van der Waals surface area contributed by atoms with Crippen LogP contribution in [0.1, 0.15) is 41.0 Å². The van der Waals surface area contributed by atoms with E-state index in [2.05, 4.69) is 31.1 Å². The number of amides is 1. The predicted molar refractivity (Wildman–Crippen MR) is 63.1 cm³/mol. The first-order valence-corrected chi connectivity index (χ1v) is 5.39. The molecule has 0 unspecified atom stereocenters. The van der Waals surface area contributed by atoms with Crippen molar-refractivity contribution in [3.63, 3.8) is 0 Å². The number of nitrogens with zero attached hydrogens (tertiary/aromatic N) is 1. The van der Waals surface area contributed by atoms with Crippen molar-refractivity contribution in [1.82, 2.24) is 10.3 Å². The fourth-order valence-electron chi connectivity index (χ4n) is 1.34. The van der Waals surface area contributed by atoms with Crippen LogP contribution >= 0.6 is 0 Å². The van der Waals surface area contributed by atoms with Crippen LogP contribution in [0.2, 0.25) is 0 Å². The third-order valence-electron chi connectivity index (χ3n) is 3.28. The predicted octanol–water partition coefficient (Wildman–Crippen LogP) is 1.12. The summed E-state index contributed by atoms with van der Waals surface area (Å²) in [6.07, 6.45) is 1.05. The van der Waals surface area contributed by atoms with E-state index in [9.17, 15) is 4.79 Å². The molecule has 0 saturated heterocycles. The van der Waals surface area contributed by atoms with E-state index in [1.807, 2.05) is 20.9 Å². The summed E-state index contributed by atoms with van der Waals surface area (Å²) in [5, 5.41) is 0. The first-order chi connectivity index (χ1) is 6.67. The Morgan fingerprint density at radius 1 is 1.33 bits per heavy atom. The standard InChI is InChI=1S/C11H25N3O/c1-7-11(4,5)14(6)8-10(2,3)9(15)13-12/h7-8,12H2,1-6H3,(H,13,15). The summed E-state index contributed by atoms with van der Waals surface area (Å²) in [7, 11) is 2.04. The van der Waals surface area contributed by atoms with Gasteiger partial charge in [-0.1, -0.05) is 6.92 Å². The van der Waals surface area contributed by atoms with Crippen LogP contribution in [-0.2, 0) is 4.79 Å². The minimum atomic E-state index is -0.462. The molecule has 90 valence electrons. The molecule has 0 atom stereocenters. The Morgan fingerprint density at radius 2 is 1.80 bits per heavy atom. The summed E-state index contributed by atoms with van der Waals surface area (Å²) in [5.74, 6) is 5.03. The molecule has 1 amide bonds. The highest BCUT2D eigenvalue weighted by Gasteiger charge is 2.32. The van der Waals surface area contributed by atoms with Gasteiger partial charge in [0.2, 0.25) is 5.91 Å². The van der Waals surface area contributed by atoms with E-state index in [1.54, 1.807) is 0 Å². The quantitative estimate of drug-likeness (QED) is 0.410. The number of nitrogens with one attached hydrogen (secondary N) is 1. The number of hydrogen-bond donors (Lipinski definition) is 2. The van der Waals surface area contributed by atoms with Gasteiger partial charge in [-0.15, -0.1) is 0 Å². The molecule has 4 heteroatoms. The summed E-state index contributed by atoms with van der Waals surface area (Å²) in [5.41, 5.74) is 1.86. The normalized spacial score (nSPS) is 13.1. The molecule has 4 nitrogen and oxygen atoms in total. The largest absolute Gasteiger partial charge is 0.300 e. The van der Waals surface area contributed by atoms with E-state index in [0.717, 1.165) is 6.42 Å². The highest BCUT2D eigenvalue weighted by atomic mass is 16.2. The minimum Gasteiger partial charge on any atom is -0.300 e. The first-order valence-electron chi connectivity index (χ1n) is 5.39. The summed E-state index contributed by atoms with van der Waals surface area (Å²) in [4.78, 5) is 13.7. The average Bonchev–Trinajstić information content (AvgIpc) is 2.15. The minimum absolute atomic E-state index is 0.103. The van der Waals surface area contributed by atoms with Gasteiger partial charge in [-0.2, -0.15) is 0 Å². The summed E-state index contributed by atoms with van der Waals surface area (Å²) >= 11 is 0. The fourth-order valence-corrected chi connectivity index (χ4v) is 1.34. The van der Waals surface area contributed by atoms with Crippen LogP contribution in [0.15, 0.2) is 0 Å². The molecular formula is C11H25N3O. The van der Waals surface area contributed by atoms with E-state index >= 15 is 0 Å². The van der Waals surface area contributed by atoms with Gasteiger partial charge in [-0.3, -0.25) is 10.2 Å². The van der Waals surface area contributed by atoms with Crippen LogP contribution in [0.25, 0.3) is 0 Å². The van der Waals surface area contributed by atoms with E-state index < -0.39 is 5.41 Å². The molecule has 0 aromatic carbocycles. The van der Waals surface area contributed by atoms with Gasteiger partial charge >= 0.3 is 0 Å². The van der Waals surface area contributed by atoms with Crippen molar-refractivity contribution in [2.75, 3.05) is 13.6 Å². The second-order valence-electron chi connectivity index (χ2n) is 5.38. The topological polar surface area (TPSA) is 58.4 Å². The smallest absolute Gasteiger partial charge is 0.240 e. The molecule has 0 heterocycles. The van der Waals surface area contributed by atoms with Crippen molar-refractivity contribution in [2.45, 2.75) is 46.6 Å². The number of carbonyl (C=O) groups excluding carboxylic acids is 1. The molecule has 0 bridgehead atoms. The number of hydrogen-bond acceptors (Lipinski definition) is 3. The Labute approximate surface area is 93.2 Å². The Hall–Kier alpha value is -0.610. The molecule has 3 N–H and O–H groups in total. The monoisotopic (exact) mass is 215 g/mol. The summed E-state index contributed by atoms with van der Waals surface area (Å²) < 4.78 is 0. The van der Waals surface area contributed by atoms with Crippen molar-refractivity contribution < 1.29 is 4.79 Å². The van der Waals surface area contributed by atoms with Crippen LogP contribution in [0.5, 0.6) is 0 Å². The highest BCUT2D eigenvalue weighted by molar-refractivity contribution is 5.81. The van der Waals surface area contributed by atoms with Crippen LogP contribution in [0, 0.1) is 5.41 Å².